The van der Waals surface area contributed by atoms with Crippen LogP contribution >= 0.6 is 0 Å². The standard InChI is InChI=1S/C13H9F3N2O5S/c14-13(15,16)23-11-4-6-12(7-5-11)24(21,22)17-9-2-1-3-10(8-9)18(19)20/h1-8,17H. The predicted molar refractivity (Wildman–Crippen MR) is 77.0 cm³/mol. The van der Waals surface area contributed by atoms with Gasteiger partial charge in [-0.3, -0.25) is 14.8 Å². The molecule has 0 fully saturated rings. The molecular formula is C13H9F3N2O5S. The number of hydrogen-bond acceptors (Lipinski definition) is 5. The molecule has 0 bridgehead atoms. The van der Waals surface area contributed by atoms with Crippen LogP contribution < -0.4 is 9.46 Å². The quantitative estimate of drug-likeness (QED) is 0.650. The summed E-state index contributed by atoms with van der Waals surface area (Å²) in [6, 6.07) is 8.30. The number of nitrogens with zero attached hydrogens (tertiary/aromatic N) is 1. The number of nitrogens with one attached hydrogen (secondary N) is 1. The third-order valence-corrected chi connectivity index (χ3v) is 4.07. The van der Waals surface area contributed by atoms with Crippen molar-refractivity contribution in [3.8, 4) is 5.75 Å². The van der Waals surface area contributed by atoms with Crippen LogP contribution in [0.25, 0.3) is 0 Å². The van der Waals surface area contributed by atoms with E-state index in [0.717, 1.165) is 30.3 Å². The summed E-state index contributed by atoms with van der Waals surface area (Å²) in [7, 11) is -4.13. The van der Waals surface area contributed by atoms with Crippen molar-refractivity contribution in [3.63, 3.8) is 0 Å². The van der Waals surface area contributed by atoms with E-state index in [4.69, 9.17) is 0 Å². The van der Waals surface area contributed by atoms with E-state index in [1.807, 2.05) is 0 Å². The normalized spacial score (nSPS) is 11.8. The second-order valence-electron chi connectivity index (χ2n) is 4.43. The fourth-order valence-corrected chi connectivity index (χ4v) is 2.77. The molecule has 128 valence electrons. The molecule has 0 amide bonds. The molecule has 0 aliphatic heterocycles. The van der Waals surface area contributed by atoms with Gasteiger partial charge in [0.1, 0.15) is 5.75 Å². The minimum atomic E-state index is -4.89. The molecule has 0 heterocycles. The summed E-state index contributed by atoms with van der Waals surface area (Å²) in [5.41, 5.74) is -0.371. The van der Waals surface area contributed by atoms with E-state index in [9.17, 15) is 31.7 Å². The number of nitro groups is 1. The molecule has 0 saturated heterocycles. The Morgan fingerprint density at radius 2 is 1.71 bits per heavy atom. The van der Waals surface area contributed by atoms with Gasteiger partial charge < -0.3 is 4.74 Å². The van der Waals surface area contributed by atoms with Crippen LogP contribution in [0.5, 0.6) is 5.75 Å². The highest BCUT2D eigenvalue weighted by atomic mass is 32.2. The van der Waals surface area contributed by atoms with Crippen molar-refractivity contribution in [2.45, 2.75) is 11.3 Å². The monoisotopic (exact) mass is 362 g/mol. The van der Waals surface area contributed by atoms with Gasteiger partial charge in [0.2, 0.25) is 0 Å². The van der Waals surface area contributed by atoms with Gasteiger partial charge in [-0.25, -0.2) is 8.42 Å². The average Bonchev–Trinajstić information content (AvgIpc) is 2.46. The van der Waals surface area contributed by atoms with E-state index in [1.54, 1.807) is 0 Å². The van der Waals surface area contributed by atoms with Crippen LogP contribution in [-0.2, 0) is 10.0 Å². The van der Waals surface area contributed by atoms with Gasteiger partial charge in [0.15, 0.2) is 0 Å². The number of non-ortho nitro benzene ring substituents is 1. The van der Waals surface area contributed by atoms with Gasteiger partial charge in [-0.1, -0.05) is 6.07 Å². The fourth-order valence-electron chi connectivity index (χ4n) is 1.72. The number of anilines is 1. The number of rotatable bonds is 5. The van der Waals surface area contributed by atoms with E-state index in [0.29, 0.717) is 0 Å². The Hall–Kier alpha value is -2.82. The highest BCUT2D eigenvalue weighted by Gasteiger charge is 2.31. The lowest BCUT2D eigenvalue weighted by atomic mass is 10.3. The minimum Gasteiger partial charge on any atom is -0.406 e. The Kier molecular flexibility index (Phi) is 4.64. The average molecular weight is 362 g/mol. The molecule has 24 heavy (non-hydrogen) atoms. The lowest BCUT2D eigenvalue weighted by Gasteiger charge is -2.10. The smallest absolute Gasteiger partial charge is 0.406 e. The topological polar surface area (TPSA) is 98.5 Å². The molecule has 0 radical (unpaired) electrons. The van der Waals surface area contributed by atoms with Crippen LogP contribution in [0.15, 0.2) is 53.4 Å². The van der Waals surface area contributed by atoms with Crippen molar-refractivity contribution >= 4 is 21.4 Å². The molecule has 0 unspecified atom stereocenters. The Balaban J connectivity index is 2.21. The van der Waals surface area contributed by atoms with Crippen molar-refractivity contribution in [1.29, 1.82) is 0 Å². The lowest BCUT2D eigenvalue weighted by Crippen LogP contribution is -2.17. The van der Waals surface area contributed by atoms with Crippen molar-refractivity contribution in [2.24, 2.45) is 0 Å². The molecule has 2 aromatic carbocycles. The van der Waals surface area contributed by atoms with Crippen molar-refractivity contribution in [2.75, 3.05) is 4.72 Å². The van der Waals surface area contributed by atoms with Crippen LogP contribution in [0.4, 0.5) is 24.5 Å². The number of sulfonamides is 1. The van der Waals surface area contributed by atoms with Crippen molar-refractivity contribution < 1.29 is 31.2 Å². The third kappa shape index (κ3) is 4.59. The summed E-state index contributed by atoms with van der Waals surface area (Å²) < 4.78 is 66.2. The summed E-state index contributed by atoms with van der Waals surface area (Å²) >= 11 is 0. The highest BCUT2D eigenvalue weighted by molar-refractivity contribution is 7.92. The first-order chi connectivity index (χ1) is 11.1. The number of hydrogen-bond donors (Lipinski definition) is 1. The van der Waals surface area contributed by atoms with Crippen LogP contribution in [-0.4, -0.2) is 19.7 Å². The molecule has 0 spiro atoms. The van der Waals surface area contributed by atoms with Crippen LogP contribution in [0.2, 0.25) is 0 Å². The molecule has 7 nitrogen and oxygen atoms in total. The second kappa shape index (κ2) is 6.35. The van der Waals surface area contributed by atoms with E-state index >= 15 is 0 Å². The largest absolute Gasteiger partial charge is 0.573 e. The zero-order valence-corrected chi connectivity index (χ0v) is 12.5. The first kappa shape index (κ1) is 17.5. The Morgan fingerprint density at radius 1 is 1.08 bits per heavy atom. The van der Waals surface area contributed by atoms with Crippen LogP contribution in [0.3, 0.4) is 0 Å². The Bertz CT molecular complexity index is 851. The summed E-state index contributed by atoms with van der Waals surface area (Å²) in [4.78, 5) is 9.64. The van der Waals surface area contributed by atoms with Crippen molar-refractivity contribution in [3.05, 3.63) is 58.6 Å². The maximum absolute atomic E-state index is 12.1. The summed E-state index contributed by atoms with van der Waals surface area (Å²) in [6.45, 7) is 0. The summed E-state index contributed by atoms with van der Waals surface area (Å²) in [5.74, 6) is -0.572. The molecule has 0 aromatic heterocycles. The zero-order chi connectivity index (χ0) is 18.0. The molecule has 1 N–H and O–H groups in total. The van der Waals surface area contributed by atoms with E-state index in [2.05, 4.69) is 9.46 Å². The third-order valence-electron chi connectivity index (χ3n) is 2.68. The number of alkyl halides is 3. The first-order valence-electron chi connectivity index (χ1n) is 6.20. The maximum atomic E-state index is 12.1. The van der Waals surface area contributed by atoms with E-state index in [1.165, 1.54) is 18.2 Å². The molecular weight excluding hydrogens is 353 g/mol. The molecule has 0 atom stereocenters. The SMILES string of the molecule is O=[N+]([O-])c1cccc(NS(=O)(=O)c2ccc(OC(F)(F)F)cc2)c1. The van der Waals surface area contributed by atoms with Gasteiger partial charge in [-0.05, 0) is 30.3 Å². The molecule has 0 aliphatic rings. The molecule has 2 rings (SSSR count). The summed E-state index contributed by atoms with van der Waals surface area (Å²) in [6.07, 6.45) is -4.89. The Morgan fingerprint density at radius 3 is 2.25 bits per heavy atom. The molecule has 2 aromatic rings. The number of ether oxygens (including phenoxy) is 1. The van der Waals surface area contributed by atoms with Gasteiger partial charge >= 0.3 is 6.36 Å². The highest BCUT2D eigenvalue weighted by Crippen LogP contribution is 2.25. The minimum absolute atomic E-state index is 0.0557. The van der Waals surface area contributed by atoms with Crippen LogP contribution in [0.1, 0.15) is 0 Å². The first-order valence-corrected chi connectivity index (χ1v) is 7.68. The number of halogens is 3. The number of nitro benzene ring substituents is 1. The molecule has 11 heteroatoms. The fraction of sp³-hybridized carbons (Fsp3) is 0.0769. The molecule has 0 aliphatic carbocycles. The molecule has 0 saturated carbocycles. The predicted octanol–water partition coefficient (Wildman–Crippen LogP) is 3.29. The van der Waals surface area contributed by atoms with E-state index < -0.39 is 27.1 Å². The Labute approximate surface area is 133 Å². The van der Waals surface area contributed by atoms with Gasteiger partial charge in [0.05, 0.1) is 15.5 Å². The lowest BCUT2D eigenvalue weighted by molar-refractivity contribution is -0.384. The van der Waals surface area contributed by atoms with Gasteiger partial charge in [0.25, 0.3) is 15.7 Å². The van der Waals surface area contributed by atoms with Gasteiger partial charge in [0, 0.05) is 12.1 Å². The second-order valence-corrected chi connectivity index (χ2v) is 6.11. The van der Waals surface area contributed by atoms with Gasteiger partial charge in [-0.15, -0.1) is 13.2 Å². The van der Waals surface area contributed by atoms with Crippen molar-refractivity contribution in [1.82, 2.24) is 0 Å². The summed E-state index contributed by atoms with van der Waals surface area (Å²) in [5, 5.41) is 10.7. The van der Waals surface area contributed by atoms with Gasteiger partial charge in [-0.2, -0.15) is 0 Å². The zero-order valence-electron chi connectivity index (χ0n) is 11.6. The van der Waals surface area contributed by atoms with E-state index in [-0.39, 0.29) is 16.3 Å². The van der Waals surface area contributed by atoms with Crippen LogP contribution in [0, 0.1) is 10.1 Å². The number of benzene rings is 2. The maximum Gasteiger partial charge on any atom is 0.573 e.